The summed E-state index contributed by atoms with van der Waals surface area (Å²) in [7, 11) is 0. The van der Waals surface area contributed by atoms with E-state index in [1.54, 1.807) is 0 Å². The van der Waals surface area contributed by atoms with E-state index in [9.17, 15) is 14.4 Å². The first-order chi connectivity index (χ1) is 31.5. The van der Waals surface area contributed by atoms with E-state index in [-0.39, 0.29) is 44.0 Å². The number of unbranched alkanes of at least 4 members (excludes halogenated alkanes) is 10. The average molecular weight is 883 g/mol. The molecule has 0 aliphatic rings. The summed E-state index contributed by atoms with van der Waals surface area (Å²) in [5, 5.41) is 0. The molecule has 0 amide bonds. The Bertz CT molecular complexity index is 1430. The third-order valence-electron chi connectivity index (χ3n) is 9.89. The van der Waals surface area contributed by atoms with Gasteiger partial charge in [0.1, 0.15) is 13.2 Å². The molecule has 0 radical (unpaired) electrons. The molecule has 0 spiro atoms. The van der Waals surface area contributed by atoms with Gasteiger partial charge >= 0.3 is 17.9 Å². The van der Waals surface area contributed by atoms with E-state index in [4.69, 9.17) is 14.2 Å². The van der Waals surface area contributed by atoms with Crippen molar-refractivity contribution in [2.45, 2.75) is 200 Å². The van der Waals surface area contributed by atoms with Crippen molar-refractivity contribution in [3.63, 3.8) is 0 Å². The molecule has 0 aliphatic carbocycles. The van der Waals surface area contributed by atoms with Crippen molar-refractivity contribution in [2.75, 3.05) is 13.2 Å². The number of allylic oxidation sites excluding steroid dienone is 22. The number of carbonyl (C=O) groups is 3. The molecule has 0 fully saturated rings. The van der Waals surface area contributed by atoms with Crippen LogP contribution < -0.4 is 0 Å². The predicted molar refractivity (Wildman–Crippen MR) is 274 cm³/mol. The third-order valence-corrected chi connectivity index (χ3v) is 9.89. The Morgan fingerprint density at radius 1 is 0.312 bits per heavy atom. The number of hydrogen-bond acceptors (Lipinski definition) is 6. The highest BCUT2D eigenvalue weighted by Crippen LogP contribution is 2.12. The lowest BCUT2D eigenvalue weighted by Crippen LogP contribution is -2.30. The van der Waals surface area contributed by atoms with Crippen LogP contribution in [0.5, 0.6) is 0 Å². The van der Waals surface area contributed by atoms with Crippen LogP contribution in [0.15, 0.2) is 134 Å². The zero-order chi connectivity index (χ0) is 46.5. The Morgan fingerprint density at radius 3 is 0.969 bits per heavy atom. The van der Waals surface area contributed by atoms with Crippen molar-refractivity contribution in [2.24, 2.45) is 0 Å². The van der Waals surface area contributed by atoms with Gasteiger partial charge in [0.05, 0.1) is 0 Å². The first kappa shape index (κ1) is 59.5. The maximum absolute atomic E-state index is 12.8. The van der Waals surface area contributed by atoms with Crippen LogP contribution in [0.1, 0.15) is 194 Å². The minimum absolute atomic E-state index is 0.123. The summed E-state index contributed by atoms with van der Waals surface area (Å²) in [5.41, 5.74) is 0. The summed E-state index contributed by atoms with van der Waals surface area (Å²) in [6, 6.07) is 0. The zero-order valence-corrected chi connectivity index (χ0v) is 40.7. The van der Waals surface area contributed by atoms with Gasteiger partial charge in [-0.2, -0.15) is 0 Å². The number of carbonyl (C=O) groups excluding carboxylic acids is 3. The third kappa shape index (κ3) is 48.6. The van der Waals surface area contributed by atoms with E-state index < -0.39 is 6.10 Å². The minimum Gasteiger partial charge on any atom is -0.462 e. The molecule has 1 unspecified atom stereocenters. The molecule has 0 saturated heterocycles. The number of hydrogen-bond donors (Lipinski definition) is 0. The molecular weight excluding hydrogens is 793 g/mol. The van der Waals surface area contributed by atoms with E-state index >= 15 is 0 Å². The van der Waals surface area contributed by atoms with E-state index in [0.29, 0.717) is 12.8 Å². The quantitative estimate of drug-likeness (QED) is 0.0263. The zero-order valence-electron chi connectivity index (χ0n) is 40.7. The van der Waals surface area contributed by atoms with Gasteiger partial charge in [-0.1, -0.05) is 193 Å². The van der Waals surface area contributed by atoms with Crippen LogP contribution in [0.25, 0.3) is 0 Å². The topological polar surface area (TPSA) is 78.9 Å². The summed E-state index contributed by atoms with van der Waals surface area (Å²) < 4.78 is 16.7. The van der Waals surface area contributed by atoms with Crippen LogP contribution in [0, 0.1) is 0 Å². The summed E-state index contributed by atoms with van der Waals surface area (Å²) in [6.45, 7) is 6.18. The van der Waals surface area contributed by atoms with Gasteiger partial charge < -0.3 is 14.2 Å². The SMILES string of the molecule is CC/C=C\C/C=C\C/C=C\C/C=C\C/C=C\CCC(=O)OCC(COC(=O)CCCCCC/C=C\C/C=C\C/C=C\CC)OC(=O)CCCCCCCC/C=C\C/C=C\C/C=C\CC. The molecule has 0 aromatic heterocycles. The minimum atomic E-state index is -0.829. The standard InChI is InChI=1S/C58H90O6/c1-4-7-10-13-16-19-22-25-28-30-33-36-39-42-45-48-51-57(60)63-54-55(53-62-56(59)50-47-44-41-38-35-32-27-24-21-18-15-12-9-6-3)64-58(61)52-49-46-43-40-37-34-31-29-26-23-20-17-14-11-8-5-2/h7-12,16-21,25-29,32-33,36,42,45,55H,4-6,13-15,22-24,30-31,34-35,37-41,43-44,46-54H2,1-3H3/b10-7-,11-8-,12-9-,19-16-,20-17-,21-18-,28-25-,29-26-,32-27-,36-33-,45-42-. The largest absolute Gasteiger partial charge is 0.462 e. The van der Waals surface area contributed by atoms with Crippen LogP contribution in [0.2, 0.25) is 0 Å². The number of ether oxygens (including phenoxy) is 3. The summed E-state index contributed by atoms with van der Waals surface area (Å²) >= 11 is 0. The van der Waals surface area contributed by atoms with E-state index in [2.05, 4.69) is 142 Å². The first-order valence-corrected chi connectivity index (χ1v) is 25.2. The highest BCUT2D eigenvalue weighted by molar-refractivity contribution is 5.71. The molecule has 6 nitrogen and oxygen atoms in total. The molecule has 0 rings (SSSR count). The van der Waals surface area contributed by atoms with Crippen LogP contribution in [0.4, 0.5) is 0 Å². The van der Waals surface area contributed by atoms with E-state index in [1.807, 2.05) is 12.2 Å². The summed E-state index contributed by atoms with van der Waals surface area (Å²) in [5.74, 6) is -1.05. The maximum atomic E-state index is 12.8. The van der Waals surface area contributed by atoms with Crippen molar-refractivity contribution >= 4 is 17.9 Å². The Labute approximate surface area is 392 Å². The van der Waals surface area contributed by atoms with Gasteiger partial charge in [-0.3, -0.25) is 14.4 Å². The average Bonchev–Trinajstić information content (AvgIpc) is 3.29. The van der Waals surface area contributed by atoms with Gasteiger partial charge in [-0.25, -0.2) is 0 Å². The maximum Gasteiger partial charge on any atom is 0.306 e. The van der Waals surface area contributed by atoms with Crippen LogP contribution in [-0.4, -0.2) is 37.2 Å². The van der Waals surface area contributed by atoms with Gasteiger partial charge in [0, 0.05) is 19.3 Å². The summed E-state index contributed by atoms with van der Waals surface area (Å²) in [6.07, 6.45) is 71.6. The molecule has 358 valence electrons. The summed E-state index contributed by atoms with van der Waals surface area (Å²) in [4.78, 5) is 37.9. The monoisotopic (exact) mass is 883 g/mol. The van der Waals surface area contributed by atoms with Crippen LogP contribution in [-0.2, 0) is 28.6 Å². The molecule has 0 aromatic rings. The fourth-order valence-electron chi connectivity index (χ4n) is 6.22. The predicted octanol–water partition coefficient (Wildman–Crippen LogP) is 16.7. The number of rotatable bonds is 43. The molecule has 0 bridgehead atoms. The Hall–Kier alpha value is -4.45. The van der Waals surface area contributed by atoms with Crippen molar-refractivity contribution < 1.29 is 28.6 Å². The molecule has 6 heteroatoms. The lowest BCUT2D eigenvalue weighted by Gasteiger charge is -2.18. The van der Waals surface area contributed by atoms with Crippen molar-refractivity contribution in [3.8, 4) is 0 Å². The Morgan fingerprint density at radius 2 is 0.594 bits per heavy atom. The molecule has 0 aromatic carbocycles. The second-order valence-electron chi connectivity index (χ2n) is 15.9. The van der Waals surface area contributed by atoms with E-state index in [1.165, 1.54) is 12.8 Å². The van der Waals surface area contributed by atoms with Crippen LogP contribution >= 0.6 is 0 Å². The molecular formula is C58H90O6. The molecule has 0 N–H and O–H groups in total. The highest BCUT2D eigenvalue weighted by Gasteiger charge is 2.19. The highest BCUT2D eigenvalue weighted by atomic mass is 16.6. The Balaban J connectivity index is 4.58. The van der Waals surface area contributed by atoms with Crippen molar-refractivity contribution in [1.29, 1.82) is 0 Å². The lowest BCUT2D eigenvalue weighted by atomic mass is 10.1. The van der Waals surface area contributed by atoms with Gasteiger partial charge in [-0.15, -0.1) is 0 Å². The van der Waals surface area contributed by atoms with Gasteiger partial charge in [-0.05, 0) is 116 Å². The van der Waals surface area contributed by atoms with Crippen LogP contribution in [0.3, 0.4) is 0 Å². The fraction of sp³-hybridized carbons (Fsp3) is 0.569. The van der Waals surface area contributed by atoms with Gasteiger partial charge in [0.15, 0.2) is 6.10 Å². The first-order valence-electron chi connectivity index (χ1n) is 25.2. The normalized spacial score (nSPS) is 13.2. The lowest BCUT2D eigenvalue weighted by molar-refractivity contribution is -0.166. The van der Waals surface area contributed by atoms with Crippen molar-refractivity contribution in [3.05, 3.63) is 134 Å². The van der Waals surface area contributed by atoms with Gasteiger partial charge in [0.2, 0.25) is 0 Å². The number of esters is 3. The molecule has 0 saturated carbocycles. The smallest absolute Gasteiger partial charge is 0.306 e. The van der Waals surface area contributed by atoms with Crippen molar-refractivity contribution in [1.82, 2.24) is 0 Å². The molecule has 64 heavy (non-hydrogen) atoms. The molecule has 1 atom stereocenters. The second kappa shape index (κ2) is 51.2. The van der Waals surface area contributed by atoms with Gasteiger partial charge in [0.25, 0.3) is 0 Å². The second-order valence-corrected chi connectivity index (χ2v) is 15.9. The Kier molecular flexibility index (Phi) is 47.6. The fourth-order valence-corrected chi connectivity index (χ4v) is 6.22. The molecule has 0 aliphatic heterocycles. The molecule has 0 heterocycles. The van der Waals surface area contributed by atoms with E-state index in [0.717, 1.165) is 135 Å².